The summed E-state index contributed by atoms with van der Waals surface area (Å²) in [7, 11) is 0. The summed E-state index contributed by atoms with van der Waals surface area (Å²) in [6.07, 6.45) is 2.90. The molecule has 4 rings (SSSR count). The lowest BCUT2D eigenvalue weighted by molar-refractivity contribution is -0.125. The first-order chi connectivity index (χ1) is 14.0. The summed E-state index contributed by atoms with van der Waals surface area (Å²) >= 11 is 0. The summed E-state index contributed by atoms with van der Waals surface area (Å²) in [4.78, 5) is 26.4. The molecule has 2 aromatic carbocycles. The zero-order valence-electron chi connectivity index (χ0n) is 17.1. The van der Waals surface area contributed by atoms with Crippen LogP contribution in [0.15, 0.2) is 42.5 Å². The van der Waals surface area contributed by atoms with Crippen LogP contribution in [0.1, 0.15) is 41.9 Å². The maximum Gasteiger partial charge on any atom is 0.253 e. The molecule has 5 nitrogen and oxygen atoms in total. The molecule has 2 amide bonds. The molecule has 1 saturated heterocycles. The van der Waals surface area contributed by atoms with E-state index >= 15 is 0 Å². The van der Waals surface area contributed by atoms with Crippen LogP contribution in [0, 0.1) is 19.8 Å². The van der Waals surface area contributed by atoms with Gasteiger partial charge in [-0.05, 0) is 79.5 Å². The van der Waals surface area contributed by atoms with Crippen LogP contribution in [-0.2, 0) is 14.3 Å². The molecular formula is C24H28N2O3. The minimum absolute atomic E-state index is 0.0336. The summed E-state index contributed by atoms with van der Waals surface area (Å²) < 4.78 is 5.17. The van der Waals surface area contributed by atoms with Crippen molar-refractivity contribution in [2.24, 2.45) is 5.92 Å². The van der Waals surface area contributed by atoms with Crippen molar-refractivity contribution in [2.75, 3.05) is 30.0 Å². The first-order valence-electron chi connectivity index (χ1n) is 10.4. The number of anilines is 2. The number of nitrogens with one attached hydrogen (secondary N) is 1. The smallest absolute Gasteiger partial charge is 0.253 e. The topological polar surface area (TPSA) is 58.6 Å². The summed E-state index contributed by atoms with van der Waals surface area (Å²) in [5.74, 6) is 0.890. The highest BCUT2D eigenvalue weighted by Crippen LogP contribution is 2.45. The quantitative estimate of drug-likeness (QED) is 0.802. The van der Waals surface area contributed by atoms with Gasteiger partial charge in [-0.25, -0.2) is 0 Å². The number of rotatable bonds is 6. The summed E-state index contributed by atoms with van der Waals surface area (Å²) in [5.41, 5.74) is 5.43. The highest BCUT2D eigenvalue weighted by atomic mass is 16.5. The van der Waals surface area contributed by atoms with Gasteiger partial charge in [0.15, 0.2) is 0 Å². The number of hydrogen-bond acceptors (Lipinski definition) is 3. The number of hydrogen-bond donors (Lipinski definition) is 1. The second-order valence-electron chi connectivity index (χ2n) is 8.18. The minimum atomic E-state index is -0.0336. The molecule has 1 atom stereocenters. The third-order valence-corrected chi connectivity index (χ3v) is 6.00. The second kappa shape index (κ2) is 8.37. The molecule has 0 aromatic heterocycles. The molecule has 152 valence electrons. The van der Waals surface area contributed by atoms with Crippen molar-refractivity contribution in [3.63, 3.8) is 0 Å². The Hall–Kier alpha value is -2.66. The Balaban J connectivity index is 1.40. The minimum Gasteiger partial charge on any atom is -0.370 e. The molecule has 1 saturated carbocycles. The first kappa shape index (κ1) is 19.6. The number of carbonyl (C=O) groups excluding carboxylic acids is 2. The fraction of sp³-hybridized carbons (Fsp3) is 0.417. The Morgan fingerprint density at radius 2 is 1.90 bits per heavy atom. The molecule has 5 heteroatoms. The van der Waals surface area contributed by atoms with Crippen molar-refractivity contribution in [1.29, 1.82) is 0 Å². The maximum absolute atomic E-state index is 12.7. The molecule has 29 heavy (non-hydrogen) atoms. The van der Waals surface area contributed by atoms with Gasteiger partial charge in [0.2, 0.25) is 5.91 Å². The number of nitrogens with zero attached hydrogens (tertiary/aromatic N) is 1. The molecule has 1 aliphatic heterocycles. The highest BCUT2D eigenvalue weighted by molar-refractivity contribution is 5.95. The van der Waals surface area contributed by atoms with E-state index in [0.717, 1.165) is 11.4 Å². The number of benzene rings is 2. The van der Waals surface area contributed by atoms with E-state index in [-0.39, 0.29) is 24.3 Å². The van der Waals surface area contributed by atoms with Crippen LogP contribution in [0.5, 0.6) is 0 Å². The Morgan fingerprint density at radius 3 is 2.55 bits per heavy atom. The van der Waals surface area contributed by atoms with Gasteiger partial charge in [0.1, 0.15) is 6.61 Å². The standard InChI is InChI=1S/C24H28N2O3/c1-16-3-4-19(13-17(16)2)22(18-5-6-18)14-23(27)25-20-7-9-21(10-8-20)26-11-12-29-15-24(26)28/h3-4,7-10,13,18,22H,5-6,11-12,14-15H2,1-2H3,(H,25,27). The van der Waals surface area contributed by atoms with Crippen LogP contribution in [0.4, 0.5) is 11.4 Å². The van der Waals surface area contributed by atoms with Crippen molar-refractivity contribution < 1.29 is 14.3 Å². The number of aryl methyl sites for hydroxylation is 2. The molecule has 1 unspecified atom stereocenters. The predicted molar refractivity (Wildman–Crippen MR) is 114 cm³/mol. The van der Waals surface area contributed by atoms with E-state index in [2.05, 4.69) is 37.4 Å². The third-order valence-electron chi connectivity index (χ3n) is 6.00. The van der Waals surface area contributed by atoms with Crippen LogP contribution in [0.25, 0.3) is 0 Å². The highest BCUT2D eigenvalue weighted by Gasteiger charge is 2.33. The molecule has 2 aliphatic rings. The Kier molecular flexibility index (Phi) is 5.67. The largest absolute Gasteiger partial charge is 0.370 e. The third kappa shape index (κ3) is 4.67. The Morgan fingerprint density at radius 1 is 1.14 bits per heavy atom. The SMILES string of the molecule is Cc1ccc(C(CC(=O)Nc2ccc(N3CCOCC3=O)cc2)C2CC2)cc1C. The first-order valence-corrected chi connectivity index (χ1v) is 10.4. The molecule has 0 spiro atoms. The van der Waals surface area contributed by atoms with Gasteiger partial charge in [0.05, 0.1) is 6.61 Å². The van der Waals surface area contributed by atoms with Gasteiger partial charge in [-0.2, -0.15) is 0 Å². The van der Waals surface area contributed by atoms with Crippen LogP contribution in [-0.4, -0.2) is 31.6 Å². The van der Waals surface area contributed by atoms with Gasteiger partial charge >= 0.3 is 0 Å². The fourth-order valence-corrected chi connectivity index (χ4v) is 3.98. The fourth-order valence-electron chi connectivity index (χ4n) is 3.98. The molecule has 2 fully saturated rings. The lowest BCUT2D eigenvalue weighted by atomic mass is 9.89. The van der Waals surface area contributed by atoms with Crippen LogP contribution < -0.4 is 10.2 Å². The van der Waals surface area contributed by atoms with Gasteiger partial charge in [0.25, 0.3) is 5.91 Å². The van der Waals surface area contributed by atoms with E-state index < -0.39 is 0 Å². The number of carbonyl (C=O) groups is 2. The van der Waals surface area contributed by atoms with Gasteiger partial charge in [-0.3, -0.25) is 9.59 Å². The van der Waals surface area contributed by atoms with Gasteiger partial charge in [-0.1, -0.05) is 18.2 Å². The number of amides is 2. The zero-order valence-corrected chi connectivity index (χ0v) is 17.1. The van der Waals surface area contributed by atoms with Crippen LogP contribution in [0.3, 0.4) is 0 Å². The lowest BCUT2D eigenvalue weighted by Gasteiger charge is -2.27. The monoisotopic (exact) mass is 392 g/mol. The van der Waals surface area contributed by atoms with Gasteiger partial charge in [-0.15, -0.1) is 0 Å². The number of morpholine rings is 1. The van der Waals surface area contributed by atoms with Crippen molar-refractivity contribution in [2.45, 2.75) is 39.0 Å². The maximum atomic E-state index is 12.7. The molecule has 1 aliphatic carbocycles. The molecule has 2 aromatic rings. The number of ether oxygens (including phenoxy) is 1. The van der Waals surface area contributed by atoms with E-state index in [4.69, 9.17) is 4.74 Å². The van der Waals surface area contributed by atoms with Crippen LogP contribution >= 0.6 is 0 Å². The van der Waals surface area contributed by atoms with Crippen molar-refractivity contribution in [3.05, 3.63) is 59.2 Å². The second-order valence-corrected chi connectivity index (χ2v) is 8.18. The van der Waals surface area contributed by atoms with E-state index in [1.807, 2.05) is 24.3 Å². The summed E-state index contributed by atoms with van der Waals surface area (Å²) in [6, 6.07) is 14.0. The zero-order chi connectivity index (χ0) is 20.4. The van der Waals surface area contributed by atoms with E-state index in [0.29, 0.717) is 25.5 Å². The Labute approximate surface area is 172 Å². The van der Waals surface area contributed by atoms with Crippen molar-refractivity contribution in [1.82, 2.24) is 0 Å². The Bertz CT molecular complexity index is 903. The molecular weight excluding hydrogens is 364 g/mol. The van der Waals surface area contributed by atoms with Gasteiger partial charge < -0.3 is 15.0 Å². The van der Waals surface area contributed by atoms with E-state index in [1.54, 1.807) is 4.90 Å². The van der Waals surface area contributed by atoms with E-state index in [1.165, 1.54) is 29.5 Å². The van der Waals surface area contributed by atoms with Crippen molar-refractivity contribution in [3.8, 4) is 0 Å². The van der Waals surface area contributed by atoms with Crippen LogP contribution in [0.2, 0.25) is 0 Å². The van der Waals surface area contributed by atoms with Gasteiger partial charge in [0, 0.05) is 24.3 Å². The van der Waals surface area contributed by atoms with Crippen molar-refractivity contribution >= 4 is 23.2 Å². The van der Waals surface area contributed by atoms with E-state index in [9.17, 15) is 9.59 Å². The molecule has 1 heterocycles. The average Bonchev–Trinajstić information content (AvgIpc) is 3.55. The summed E-state index contributed by atoms with van der Waals surface area (Å²) in [6.45, 7) is 5.48. The average molecular weight is 392 g/mol. The lowest BCUT2D eigenvalue weighted by Crippen LogP contribution is -2.41. The molecule has 0 radical (unpaired) electrons. The predicted octanol–water partition coefficient (Wildman–Crippen LogP) is 4.19. The molecule has 1 N–H and O–H groups in total. The molecule has 0 bridgehead atoms. The summed E-state index contributed by atoms with van der Waals surface area (Å²) in [5, 5.41) is 3.03. The normalized spacial score (nSPS) is 17.9.